The van der Waals surface area contributed by atoms with Gasteiger partial charge in [-0.1, -0.05) is 5.16 Å². The van der Waals surface area contributed by atoms with E-state index in [1.165, 1.54) is 36.7 Å². The number of hydrogen-bond acceptors (Lipinski definition) is 6. The summed E-state index contributed by atoms with van der Waals surface area (Å²) in [4.78, 5) is 4.26. The van der Waals surface area contributed by atoms with Gasteiger partial charge < -0.3 is 14.5 Å². The second kappa shape index (κ2) is 7.50. The van der Waals surface area contributed by atoms with Crippen LogP contribution in [0, 0.1) is 12.1 Å². The van der Waals surface area contributed by atoms with Crippen molar-refractivity contribution >= 4 is 0 Å². The molecule has 0 aliphatic heterocycles. The number of aromatic nitrogens is 5. The molecule has 30 heavy (non-hydrogen) atoms. The lowest BCUT2D eigenvalue weighted by molar-refractivity contribution is -0.605. The molecule has 0 unspecified atom stereocenters. The molecule has 0 saturated carbocycles. The quantitative estimate of drug-likeness (QED) is 0.365. The van der Waals surface area contributed by atoms with Gasteiger partial charge in [0, 0.05) is 22.9 Å². The normalized spacial score (nSPS) is 11.6. The molecule has 3 aromatic heterocycles. The average Bonchev–Trinajstić information content (AvgIpc) is 3.29. The van der Waals surface area contributed by atoms with Crippen LogP contribution in [0.5, 0.6) is 5.75 Å². The lowest BCUT2D eigenvalue weighted by atomic mass is 10.2. The van der Waals surface area contributed by atoms with Crippen molar-refractivity contribution in [2.24, 2.45) is 0 Å². The van der Waals surface area contributed by atoms with Crippen LogP contribution in [-0.2, 0) is 6.54 Å². The zero-order valence-electron chi connectivity index (χ0n) is 15.5. The third-order valence-corrected chi connectivity index (χ3v) is 4.14. The maximum absolute atomic E-state index is 12.3. The van der Waals surface area contributed by atoms with Crippen molar-refractivity contribution < 1.29 is 27.2 Å². The fraction of sp³-hybridized carbons (Fsp3) is 0.158. The zero-order chi connectivity index (χ0) is 21.3. The molecule has 8 nitrogen and oxygen atoms in total. The number of halogens is 3. The van der Waals surface area contributed by atoms with Crippen molar-refractivity contribution in [3.05, 3.63) is 71.3 Å². The van der Waals surface area contributed by atoms with Crippen LogP contribution >= 0.6 is 0 Å². The SMILES string of the molecule is Cc1cc(-c2nc(-c3ccc(OC(F)(F)F)cc3)no2)nn1Cc1ccc[n+]([O-])c1. The first-order chi connectivity index (χ1) is 14.3. The Morgan fingerprint density at radius 2 is 1.97 bits per heavy atom. The molecule has 0 saturated heterocycles. The molecule has 1 aromatic carbocycles. The molecule has 4 aromatic rings. The van der Waals surface area contributed by atoms with E-state index in [1.54, 1.807) is 16.8 Å². The number of benzene rings is 1. The largest absolute Gasteiger partial charge is 0.619 e. The van der Waals surface area contributed by atoms with Crippen molar-refractivity contribution in [1.82, 2.24) is 19.9 Å². The molecule has 0 atom stereocenters. The summed E-state index contributed by atoms with van der Waals surface area (Å²) in [5.74, 6) is 0.0188. The first-order valence-corrected chi connectivity index (χ1v) is 8.69. The minimum absolute atomic E-state index is 0.161. The molecular weight excluding hydrogens is 403 g/mol. The van der Waals surface area contributed by atoms with E-state index < -0.39 is 6.36 Å². The average molecular weight is 417 g/mol. The first kappa shape index (κ1) is 19.4. The lowest BCUT2D eigenvalue weighted by Gasteiger charge is -2.08. The van der Waals surface area contributed by atoms with Crippen LogP contribution in [-0.4, -0.2) is 26.3 Å². The van der Waals surface area contributed by atoms with Crippen molar-refractivity contribution in [2.75, 3.05) is 0 Å². The highest BCUT2D eigenvalue weighted by molar-refractivity contribution is 5.58. The van der Waals surface area contributed by atoms with Crippen molar-refractivity contribution in [3.8, 4) is 28.7 Å². The van der Waals surface area contributed by atoms with E-state index in [4.69, 9.17) is 4.52 Å². The Balaban J connectivity index is 1.53. The van der Waals surface area contributed by atoms with Crippen LogP contribution in [0.15, 0.2) is 59.4 Å². The molecule has 0 fully saturated rings. The van der Waals surface area contributed by atoms with Crippen molar-refractivity contribution in [1.29, 1.82) is 0 Å². The van der Waals surface area contributed by atoms with Gasteiger partial charge in [-0.15, -0.1) is 13.2 Å². The molecule has 0 aliphatic rings. The number of rotatable bonds is 5. The number of aryl methyl sites for hydroxylation is 1. The highest BCUT2D eigenvalue weighted by Crippen LogP contribution is 2.27. The van der Waals surface area contributed by atoms with E-state index in [9.17, 15) is 18.4 Å². The molecule has 0 aliphatic carbocycles. The highest BCUT2D eigenvalue weighted by atomic mass is 19.4. The molecule has 3 heterocycles. The fourth-order valence-corrected chi connectivity index (χ4v) is 2.79. The van der Waals surface area contributed by atoms with Gasteiger partial charge in [-0.3, -0.25) is 4.68 Å². The van der Waals surface area contributed by atoms with Gasteiger partial charge in [0.05, 0.1) is 6.54 Å². The minimum atomic E-state index is -4.76. The van der Waals surface area contributed by atoms with E-state index in [1.807, 2.05) is 13.0 Å². The van der Waals surface area contributed by atoms with Gasteiger partial charge in [-0.05, 0) is 43.3 Å². The number of pyridine rings is 1. The number of ether oxygens (including phenoxy) is 1. The van der Waals surface area contributed by atoms with Gasteiger partial charge in [0.1, 0.15) is 5.75 Å². The predicted molar refractivity (Wildman–Crippen MR) is 96.9 cm³/mol. The monoisotopic (exact) mass is 417 g/mol. The van der Waals surface area contributed by atoms with Gasteiger partial charge in [0.15, 0.2) is 18.1 Å². The lowest BCUT2D eigenvalue weighted by Crippen LogP contribution is -2.25. The molecule has 0 spiro atoms. The summed E-state index contributed by atoms with van der Waals surface area (Å²) in [5.41, 5.74) is 2.49. The van der Waals surface area contributed by atoms with E-state index in [0.717, 1.165) is 11.3 Å². The summed E-state index contributed by atoms with van der Waals surface area (Å²) in [6.07, 6.45) is -1.91. The Morgan fingerprint density at radius 3 is 2.67 bits per heavy atom. The van der Waals surface area contributed by atoms with Crippen LogP contribution in [0.25, 0.3) is 23.0 Å². The first-order valence-electron chi connectivity index (χ1n) is 8.69. The van der Waals surface area contributed by atoms with Crippen LogP contribution in [0.1, 0.15) is 11.3 Å². The second-order valence-electron chi connectivity index (χ2n) is 6.40. The Bertz CT molecular complexity index is 1170. The smallest absolute Gasteiger partial charge is 0.573 e. The molecule has 0 bridgehead atoms. The van der Waals surface area contributed by atoms with E-state index in [2.05, 4.69) is 20.0 Å². The highest BCUT2D eigenvalue weighted by Gasteiger charge is 2.31. The molecule has 11 heteroatoms. The topological polar surface area (TPSA) is 92.9 Å². The van der Waals surface area contributed by atoms with E-state index in [0.29, 0.717) is 22.5 Å². The molecule has 4 rings (SSSR count). The Hall–Kier alpha value is -3.89. The summed E-state index contributed by atoms with van der Waals surface area (Å²) in [5, 5.41) is 19.7. The molecular formula is C19H14F3N5O3. The number of alkyl halides is 3. The van der Waals surface area contributed by atoms with Gasteiger partial charge in [0.25, 0.3) is 5.89 Å². The maximum Gasteiger partial charge on any atom is 0.573 e. The zero-order valence-corrected chi connectivity index (χ0v) is 15.5. The van der Waals surface area contributed by atoms with Crippen LogP contribution < -0.4 is 9.47 Å². The van der Waals surface area contributed by atoms with Gasteiger partial charge in [-0.25, -0.2) is 0 Å². The van der Waals surface area contributed by atoms with Crippen molar-refractivity contribution in [2.45, 2.75) is 19.8 Å². The molecule has 0 radical (unpaired) electrons. The van der Waals surface area contributed by atoms with E-state index in [-0.39, 0.29) is 17.5 Å². The standard InChI is InChI=1S/C19H14F3N5O3/c1-12-9-16(24-27(12)11-13-3-2-8-26(28)10-13)18-23-17(25-30-18)14-4-6-15(7-5-14)29-19(20,21)22/h2-10H,11H2,1H3. The molecule has 0 amide bonds. The summed E-state index contributed by atoms with van der Waals surface area (Å²) in [6, 6.07) is 10.3. The summed E-state index contributed by atoms with van der Waals surface area (Å²) >= 11 is 0. The summed E-state index contributed by atoms with van der Waals surface area (Å²) in [7, 11) is 0. The van der Waals surface area contributed by atoms with Crippen LogP contribution in [0.2, 0.25) is 0 Å². The predicted octanol–water partition coefficient (Wildman–Crippen LogP) is 3.49. The fourth-order valence-electron chi connectivity index (χ4n) is 2.79. The summed E-state index contributed by atoms with van der Waals surface area (Å²) < 4.78 is 48.3. The number of nitrogens with zero attached hydrogens (tertiary/aromatic N) is 5. The maximum atomic E-state index is 12.3. The minimum Gasteiger partial charge on any atom is -0.619 e. The van der Waals surface area contributed by atoms with Gasteiger partial charge >= 0.3 is 6.36 Å². The summed E-state index contributed by atoms with van der Waals surface area (Å²) in [6.45, 7) is 2.23. The van der Waals surface area contributed by atoms with Crippen LogP contribution in [0.3, 0.4) is 0 Å². The molecule has 0 N–H and O–H groups in total. The Kier molecular flexibility index (Phi) is 4.86. The second-order valence-corrected chi connectivity index (χ2v) is 6.40. The number of hydrogen-bond donors (Lipinski definition) is 0. The van der Waals surface area contributed by atoms with Gasteiger partial charge in [-0.2, -0.15) is 14.8 Å². The Labute approximate surface area is 167 Å². The van der Waals surface area contributed by atoms with Crippen LogP contribution in [0.4, 0.5) is 13.2 Å². The molecule has 154 valence electrons. The van der Waals surface area contributed by atoms with E-state index >= 15 is 0 Å². The third-order valence-electron chi connectivity index (χ3n) is 4.14. The van der Waals surface area contributed by atoms with Crippen molar-refractivity contribution in [3.63, 3.8) is 0 Å². The Morgan fingerprint density at radius 1 is 1.20 bits per heavy atom. The third kappa shape index (κ3) is 4.40. The van der Waals surface area contributed by atoms with Gasteiger partial charge in [0.2, 0.25) is 5.82 Å².